The molecule has 1 heterocycles. The molecule has 0 spiro atoms. The largest absolute Gasteiger partial charge is 0.468 e. The molecule has 0 saturated carbocycles. The van der Waals surface area contributed by atoms with E-state index in [4.69, 9.17) is 16.0 Å². The standard InChI is InChI=1S/C13H12BrClO/c14-11-8-9-16-13(11)7-6-12(15)10-4-2-1-3-5-10/h1-5,8-9,12H,6-7H2. The molecule has 0 radical (unpaired) electrons. The molecule has 1 unspecified atom stereocenters. The van der Waals surface area contributed by atoms with E-state index >= 15 is 0 Å². The second kappa shape index (κ2) is 5.55. The summed E-state index contributed by atoms with van der Waals surface area (Å²) < 4.78 is 6.36. The molecule has 0 aliphatic carbocycles. The third-order valence-electron chi connectivity index (χ3n) is 2.48. The number of furan rings is 1. The van der Waals surface area contributed by atoms with Crippen LogP contribution in [0.5, 0.6) is 0 Å². The van der Waals surface area contributed by atoms with Gasteiger partial charge in [0.25, 0.3) is 0 Å². The fourth-order valence-corrected chi connectivity index (χ4v) is 2.24. The van der Waals surface area contributed by atoms with Crippen LogP contribution in [0.4, 0.5) is 0 Å². The van der Waals surface area contributed by atoms with E-state index in [1.54, 1.807) is 6.26 Å². The Morgan fingerprint density at radius 3 is 2.56 bits per heavy atom. The van der Waals surface area contributed by atoms with E-state index in [9.17, 15) is 0 Å². The van der Waals surface area contributed by atoms with Crippen LogP contribution in [0.3, 0.4) is 0 Å². The monoisotopic (exact) mass is 298 g/mol. The summed E-state index contributed by atoms with van der Waals surface area (Å²) in [4.78, 5) is 0. The van der Waals surface area contributed by atoms with Crippen LogP contribution in [0.1, 0.15) is 23.1 Å². The normalized spacial score (nSPS) is 12.6. The van der Waals surface area contributed by atoms with Crippen molar-refractivity contribution in [1.82, 2.24) is 0 Å². The van der Waals surface area contributed by atoms with E-state index < -0.39 is 0 Å². The lowest BCUT2D eigenvalue weighted by Gasteiger charge is -2.08. The number of benzene rings is 1. The highest BCUT2D eigenvalue weighted by Crippen LogP contribution is 2.27. The van der Waals surface area contributed by atoms with Gasteiger partial charge in [0.2, 0.25) is 0 Å². The number of alkyl halides is 1. The van der Waals surface area contributed by atoms with Gasteiger partial charge in [0.05, 0.1) is 16.1 Å². The predicted molar refractivity (Wildman–Crippen MR) is 69.8 cm³/mol. The number of hydrogen-bond donors (Lipinski definition) is 0. The second-order valence-electron chi connectivity index (χ2n) is 3.61. The third-order valence-corrected chi connectivity index (χ3v) is 3.65. The second-order valence-corrected chi connectivity index (χ2v) is 4.99. The van der Waals surface area contributed by atoms with Gasteiger partial charge in [-0.15, -0.1) is 11.6 Å². The number of hydrogen-bond acceptors (Lipinski definition) is 1. The Bertz CT molecular complexity index is 438. The maximum Gasteiger partial charge on any atom is 0.117 e. The average Bonchev–Trinajstić information content (AvgIpc) is 2.73. The molecule has 2 rings (SSSR count). The van der Waals surface area contributed by atoms with Crippen LogP contribution in [-0.4, -0.2) is 0 Å². The van der Waals surface area contributed by atoms with Crippen LogP contribution in [0.25, 0.3) is 0 Å². The van der Waals surface area contributed by atoms with Gasteiger partial charge in [-0.05, 0) is 34.0 Å². The van der Waals surface area contributed by atoms with Gasteiger partial charge in [-0.2, -0.15) is 0 Å². The summed E-state index contributed by atoms with van der Waals surface area (Å²) in [6, 6.07) is 12.0. The van der Waals surface area contributed by atoms with Gasteiger partial charge in [0.1, 0.15) is 5.76 Å². The van der Waals surface area contributed by atoms with Gasteiger partial charge in [-0.25, -0.2) is 0 Å². The van der Waals surface area contributed by atoms with Gasteiger partial charge in [0, 0.05) is 6.42 Å². The van der Waals surface area contributed by atoms with Crippen molar-refractivity contribution in [2.24, 2.45) is 0 Å². The van der Waals surface area contributed by atoms with Crippen LogP contribution >= 0.6 is 27.5 Å². The maximum absolute atomic E-state index is 6.32. The lowest BCUT2D eigenvalue weighted by atomic mass is 10.1. The van der Waals surface area contributed by atoms with Crippen LogP contribution in [0.2, 0.25) is 0 Å². The van der Waals surface area contributed by atoms with Crippen molar-refractivity contribution in [2.75, 3.05) is 0 Å². The Kier molecular flexibility index (Phi) is 4.08. The van der Waals surface area contributed by atoms with Crippen molar-refractivity contribution < 1.29 is 4.42 Å². The van der Waals surface area contributed by atoms with Gasteiger partial charge in [-0.1, -0.05) is 30.3 Å². The Labute approximate surface area is 109 Å². The molecule has 0 aliphatic rings. The van der Waals surface area contributed by atoms with Crippen molar-refractivity contribution >= 4 is 27.5 Å². The van der Waals surface area contributed by atoms with E-state index in [0.717, 1.165) is 28.6 Å². The Hall–Kier alpha value is -0.730. The van der Waals surface area contributed by atoms with E-state index in [0.29, 0.717) is 0 Å². The summed E-state index contributed by atoms with van der Waals surface area (Å²) in [5, 5.41) is 0.0400. The molecule has 0 amide bonds. The van der Waals surface area contributed by atoms with Crippen molar-refractivity contribution in [2.45, 2.75) is 18.2 Å². The van der Waals surface area contributed by atoms with Crippen molar-refractivity contribution in [3.63, 3.8) is 0 Å². The van der Waals surface area contributed by atoms with E-state index in [1.165, 1.54) is 0 Å². The fourth-order valence-electron chi connectivity index (χ4n) is 1.59. The minimum atomic E-state index is 0.0400. The molecule has 1 nitrogen and oxygen atoms in total. The maximum atomic E-state index is 6.32. The van der Waals surface area contributed by atoms with Crippen molar-refractivity contribution in [3.05, 3.63) is 58.5 Å². The molecule has 2 aromatic rings. The first-order chi connectivity index (χ1) is 7.77. The molecule has 1 aromatic heterocycles. The summed E-state index contributed by atoms with van der Waals surface area (Å²) in [5.41, 5.74) is 1.16. The van der Waals surface area contributed by atoms with E-state index in [-0.39, 0.29) is 5.38 Å². The molecule has 0 saturated heterocycles. The van der Waals surface area contributed by atoms with Crippen molar-refractivity contribution in [1.29, 1.82) is 0 Å². The van der Waals surface area contributed by atoms with Gasteiger partial charge in [0.15, 0.2) is 0 Å². The van der Waals surface area contributed by atoms with Crippen LogP contribution in [-0.2, 0) is 6.42 Å². The molecular formula is C13H12BrClO. The quantitative estimate of drug-likeness (QED) is 0.728. The first-order valence-electron chi connectivity index (χ1n) is 5.18. The number of rotatable bonds is 4. The summed E-state index contributed by atoms with van der Waals surface area (Å²) in [5.74, 6) is 0.960. The summed E-state index contributed by atoms with van der Waals surface area (Å²) >= 11 is 9.75. The number of halogens is 2. The minimum Gasteiger partial charge on any atom is -0.468 e. The molecule has 0 fully saturated rings. The fraction of sp³-hybridized carbons (Fsp3) is 0.231. The molecule has 0 bridgehead atoms. The Balaban J connectivity index is 1.94. The number of aryl methyl sites for hydroxylation is 1. The molecule has 84 valence electrons. The van der Waals surface area contributed by atoms with E-state index in [1.807, 2.05) is 24.3 Å². The molecule has 0 aliphatic heterocycles. The highest BCUT2D eigenvalue weighted by atomic mass is 79.9. The summed E-state index contributed by atoms with van der Waals surface area (Å²) in [7, 11) is 0. The SMILES string of the molecule is ClC(CCc1occc1Br)c1ccccc1. The molecule has 1 aromatic carbocycles. The highest BCUT2D eigenvalue weighted by Gasteiger charge is 2.10. The summed E-state index contributed by atoms with van der Waals surface area (Å²) in [6.45, 7) is 0. The smallest absolute Gasteiger partial charge is 0.117 e. The zero-order chi connectivity index (χ0) is 11.4. The topological polar surface area (TPSA) is 13.1 Å². The molecule has 0 N–H and O–H groups in total. The average molecular weight is 300 g/mol. The zero-order valence-electron chi connectivity index (χ0n) is 8.70. The Morgan fingerprint density at radius 1 is 1.19 bits per heavy atom. The molecule has 3 heteroatoms. The first kappa shape index (κ1) is 11.7. The Morgan fingerprint density at radius 2 is 1.94 bits per heavy atom. The van der Waals surface area contributed by atoms with E-state index in [2.05, 4.69) is 28.1 Å². The van der Waals surface area contributed by atoms with Crippen LogP contribution in [0.15, 0.2) is 51.6 Å². The lowest BCUT2D eigenvalue weighted by molar-refractivity contribution is 0.498. The van der Waals surface area contributed by atoms with Gasteiger partial charge >= 0.3 is 0 Å². The van der Waals surface area contributed by atoms with Crippen LogP contribution in [0, 0.1) is 0 Å². The van der Waals surface area contributed by atoms with Gasteiger partial charge < -0.3 is 4.42 Å². The lowest BCUT2D eigenvalue weighted by Crippen LogP contribution is -1.93. The van der Waals surface area contributed by atoms with Crippen molar-refractivity contribution in [3.8, 4) is 0 Å². The van der Waals surface area contributed by atoms with Crippen LogP contribution < -0.4 is 0 Å². The molecule has 16 heavy (non-hydrogen) atoms. The molecular weight excluding hydrogens is 287 g/mol. The first-order valence-corrected chi connectivity index (χ1v) is 6.41. The van der Waals surface area contributed by atoms with Gasteiger partial charge in [-0.3, -0.25) is 0 Å². The highest BCUT2D eigenvalue weighted by molar-refractivity contribution is 9.10. The third kappa shape index (κ3) is 2.89. The summed E-state index contributed by atoms with van der Waals surface area (Å²) in [6.07, 6.45) is 3.40. The molecule has 1 atom stereocenters. The zero-order valence-corrected chi connectivity index (χ0v) is 11.0. The minimum absolute atomic E-state index is 0.0400. The predicted octanol–water partition coefficient (Wildman–Crippen LogP) is 4.95.